The molecule has 3 nitrogen and oxygen atoms in total. The van der Waals surface area contributed by atoms with Crippen molar-refractivity contribution in [3.05, 3.63) is 51.9 Å². The second-order valence-corrected chi connectivity index (χ2v) is 5.41. The lowest BCUT2D eigenvalue weighted by molar-refractivity contribution is 0.486. The molecule has 2 heterocycles. The number of aryl methyl sites for hydroxylation is 1. The topological polar surface area (TPSA) is 38.1 Å². The maximum Gasteiger partial charge on any atom is 0.134 e. The standard InChI is InChI=1S/C14H13FN2OS/c1-8-17-11(7-19-8)14(16-2)13-6-9-5-10(15)3-4-12(9)18-13/h3-7,14,16H,1-2H3. The van der Waals surface area contributed by atoms with Gasteiger partial charge >= 0.3 is 0 Å². The molecule has 0 saturated heterocycles. The molecule has 19 heavy (non-hydrogen) atoms. The van der Waals surface area contributed by atoms with E-state index in [0.29, 0.717) is 5.58 Å². The van der Waals surface area contributed by atoms with Crippen molar-refractivity contribution in [2.45, 2.75) is 13.0 Å². The van der Waals surface area contributed by atoms with Crippen molar-refractivity contribution in [3.8, 4) is 0 Å². The zero-order valence-electron chi connectivity index (χ0n) is 10.6. The number of aromatic nitrogens is 1. The summed E-state index contributed by atoms with van der Waals surface area (Å²) in [5.74, 6) is 0.485. The second-order valence-electron chi connectivity index (χ2n) is 4.34. The minimum absolute atomic E-state index is 0.111. The van der Waals surface area contributed by atoms with Gasteiger partial charge in [-0.25, -0.2) is 9.37 Å². The number of thiazole rings is 1. The van der Waals surface area contributed by atoms with Crippen molar-refractivity contribution in [2.75, 3.05) is 7.05 Å². The normalized spacial score (nSPS) is 13.0. The summed E-state index contributed by atoms with van der Waals surface area (Å²) in [7, 11) is 1.85. The average Bonchev–Trinajstić information content (AvgIpc) is 2.96. The number of halogens is 1. The molecule has 3 aromatic rings. The number of hydrogen-bond acceptors (Lipinski definition) is 4. The zero-order valence-corrected chi connectivity index (χ0v) is 11.4. The molecule has 0 aliphatic rings. The second kappa shape index (κ2) is 4.75. The molecule has 0 spiro atoms. The molecule has 0 aliphatic carbocycles. The van der Waals surface area contributed by atoms with Gasteiger partial charge in [0.2, 0.25) is 0 Å². The maximum absolute atomic E-state index is 13.2. The lowest BCUT2D eigenvalue weighted by atomic mass is 10.1. The van der Waals surface area contributed by atoms with Crippen molar-refractivity contribution in [1.82, 2.24) is 10.3 Å². The van der Waals surface area contributed by atoms with E-state index in [2.05, 4.69) is 10.3 Å². The van der Waals surface area contributed by atoms with Crippen LogP contribution in [-0.4, -0.2) is 12.0 Å². The van der Waals surface area contributed by atoms with E-state index in [1.807, 2.05) is 25.4 Å². The Bertz CT molecular complexity index is 719. The highest BCUT2D eigenvalue weighted by Gasteiger charge is 2.19. The maximum atomic E-state index is 13.2. The van der Waals surface area contributed by atoms with Gasteiger partial charge in [0.05, 0.1) is 10.7 Å². The molecule has 98 valence electrons. The predicted octanol–water partition coefficient (Wildman–Crippen LogP) is 3.65. The predicted molar refractivity (Wildman–Crippen MR) is 73.9 cm³/mol. The number of rotatable bonds is 3. The Morgan fingerprint density at radius 1 is 1.37 bits per heavy atom. The number of benzene rings is 1. The van der Waals surface area contributed by atoms with Crippen LogP contribution in [0.5, 0.6) is 0 Å². The van der Waals surface area contributed by atoms with Crippen LogP contribution in [0.3, 0.4) is 0 Å². The molecule has 0 amide bonds. The van der Waals surface area contributed by atoms with Crippen molar-refractivity contribution >= 4 is 22.3 Å². The van der Waals surface area contributed by atoms with Crippen molar-refractivity contribution in [1.29, 1.82) is 0 Å². The molecule has 0 saturated carbocycles. The van der Waals surface area contributed by atoms with Crippen LogP contribution >= 0.6 is 11.3 Å². The van der Waals surface area contributed by atoms with Crippen LogP contribution in [0, 0.1) is 12.7 Å². The minimum Gasteiger partial charge on any atom is -0.459 e. The summed E-state index contributed by atoms with van der Waals surface area (Å²) in [6, 6.07) is 6.26. The highest BCUT2D eigenvalue weighted by Crippen LogP contribution is 2.29. The highest BCUT2D eigenvalue weighted by atomic mass is 32.1. The Morgan fingerprint density at radius 2 is 2.21 bits per heavy atom. The number of nitrogens with one attached hydrogen (secondary N) is 1. The first-order valence-electron chi connectivity index (χ1n) is 5.95. The van der Waals surface area contributed by atoms with Crippen LogP contribution in [0.25, 0.3) is 11.0 Å². The average molecular weight is 276 g/mol. The fourth-order valence-corrected chi connectivity index (χ4v) is 2.76. The third-order valence-corrected chi connectivity index (χ3v) is 3.79. The summed E-state index contributed by atoms with van der Waals surface area (Å²) < 4.78 is 19.0. The molecule has 1 atom stereocenters. The van der Waals surface area contributed by atoms with Crippen LogP contribution in [0.1, 0.15) is 22.5 Å². The number of hydrogen-bond donors (Lipinski definition) is 1. The third-order valence-electron chi connectivity index (χ3n) is 3.00. The molecular formula is C14H13FN2OS. The van der Waals surface area contributed by atoms with Gasteiger partial charge in [0, 0.05) is 10.8 Å². The lowest BCUT2D eigenvalue weighted by Crippen LogP contribution is -2.17. The first-order valence-corrected chi connectivity index (χ1v) is 6.83. The van der Waals surface area contributed by atoms with E-state index in [4.69, 9.17) is 4.42 Å². The van der Waals surface area contributed by atoms with Crippen LogP contribution < -0.4 is 5.32 Å². The van der Waals surface area contributed by atoms with Gasteiger partial charge in [0.15, 0.2) is 0 Å². The van der Waals surface area contributed by atoms with Crippen LogP contribution in [0.15, 0.2) is 34.1 Å². The molecule has 1 unspecified atom stereocenters. The summed E-state index contributed by atoms with van der Waals surface area (Å²) in [6.45, 7) is 1.97. The highest BCUT2D eigenvalue weighted by molar-refractivity contribution is 7.09. The van der Waals surface area contributed by atoms with Gasteiger partial charge in [-0.05, 0) is 38.2 Å². The van der Waals surface area contributed by atoms with E-state index in [1.165, 1.54) is 12.1 Å². The fraction of sp³-hybridized carbons (Fsp3) is 0.214. The first kappa shape index (κ1) is 12.3. The van der Waals surface area contributed by atoms with Gasteiger partial charge in [-0.15, -0.1) is 11.3 Å². The van der Waals surface area contributed by atoms with Gasteiger partial charge < -0.3 is 9.73 Å². The van der Waals surface area contributed by atoms with Crippen molar-refractivity contribution in [3.63, 3.8) is 0 Å². The molecular weight excluding hydrogens is 263 g/mol. The third kappa shape index (κ3) is 2.27. The Kier molecular flexibility index (Phi) is 3.08. The molecule has 0 fully saturated rings. The molecule has 5 heteroatoms. The van der Waals surface area contributed by atoms with Gasteiger partial charge in [0.1, 0.15) is 23.2 Å². The number of nitrogens with zero attached hydrogens (tertiary/aromatic N) is 1. The summed E-state index contributed by atoms with van der Waals surface area (Å²) >= 11 is 1.60. The molecule has 0 bridgehead atoms. The van der Waals surface area contributed by atoms with E-state index in [9.17, 15) is 4.39 Å². The number of furan rings is 1. The lowest BCUT2D eigenvalue weighted by Gasteiger charge is -2.10. The van der Waals surface area contributed by atoms with Gasteiger partial charge in [0.25, 0.3) is 0 Å². The fourth-order valence-electron chi connectivity index (χ4n) is 2.13. The molecule has 3 rings (SSSR count). The molecule has 1 N–H and O–H groups in total. The van der Waals surface area contributed by atoms with Crippen molar-refractivity contribution in [2.24, 2.45) is 0 Å². The van der Waals surface area contributed by atoms with Crippen LogP contribution in [0.2, 0.25) is 0 Å². The van der Waals surface area contributed by atoms with E-state index >= 15 is 0 Å². The van der Waals surface area contributed by atoms with E-state index in [0.717, 1.165) is 21.8 Å². The quantitative estimate of drug-likeness (QED) is 0.793. The summed E-state index contributed by atoms with van der Waals surface area (Å²) in [5, 5.41) is 6.96. The van der Waals surface area contributed by atoms with Crippen LogP contribution in [-0.2, 0) is 0 Å². The Balaban J connectivity index is 2.06. The Morgan fingerprint density at radius 3 is 2.89 bits per heavy atom. The first-order chi connectivity index (χ1) is 9.17. The molecule has 1 aromatic carbocycles. The van der Waals surface area contributed by atoms with Gasteiger partial charge in [-0.3, -0.25) is 0 Å². The van der Waals surface area contributed by atoms with Crippen molar-refractivity contribution < 1.29 is 8.81 Å². The van der Waals surface area contributed by atoms with E-state index in [-0.39, 0.29) is 11.9 Å². The zero-order chi connectivity index (χ0) is 13.4. The molecule has 2 aromatic heterocycles. The summed E-state index contributed by atoms with van der Waals surface area (Å²) in [6.07, 6.45) is 0. The smallest absolute Gasteiger partial charge is 0.134 e. The largest absolute Gasteiger partial charge is 0.459 e. The van der Waals surface area contributed by atoms with E-state index in [1.54, 1.807) is 17.4 Å². The van der Waals surface area contributed by atoms with Gasteiger partial charge in [-0.1, -0.05) is 0 Å². The van der Waals surface area contributed by atoms with E-state index < -0.39 is 0 Å². The summed E-state index contributed by atoms with van der Waals surface area (Å²) in [5.41, 5.74) is 1.60. The summed E-state index contributed by atoms with van der Waals surface area (Å²) in [4.78, 5) is 4.47. The SMILES string of the molecule is CNC(c1csc(C)n1)c1cc2cc(F)ccc2o1. The monoisotopic (exact) mass is 276 g/mol. The molecule has 0 aliphatic heterocycles. The number of fused-ring (bicyclic) bond motifs is 1. The van der Waals surface area contributed by atoms with Crippen LogP contribution in [0.4, 0.5) is 4.39 Å². The molecule has 0 radical (unpaired) electrons. The van der Waals surface area contributed by atoms with Gasteiger partial charge in [-0.2, -0.15) is 0 Å². The Hall–Kier alpha value is -1.72. The minimum atomic E-state index is -0.259. The Labute approximate surface area is 114 Å².